The molecule has 0 amide bonds. The fourth-order valence-corrected chi connectivity index (χ4v) is 2.67. The molecule has 0 fully saturated rings. The fraction of sp³-hybridized carbons (Fsp3) is 0.100. The monoisotopic (exact) mass is 386 g/mol. The van der Waals surface area contributed by atoms with Gasteiger partial charge in [0.2, 0.25) is 0 Å². The quantitative estimate of drug-likeness (QED) is 0.646. The predicted molar refractivity (Wildman–Crippen MR) is 76.0 cm³/mol. The topological polar surface area (TPSA) is 17.8 Å². The summed E-state index contributed by atoms with van der Waals surface area (Å²) < 4.78 is 2.72. The van der Waals surface area contributed by atoms with Gasteiger partial charge in [0.1, 0.15) is 5.69 Å². The van der Waals surface area contributed by atoms with Crippen molar-refractivity contribution in [3.63, 3.8) is 0 Å². The summed E-state index contributed by atoms with van der Waals surface area (Å²) in [5.74, 6) is 0. The van der Waals surface area contributed by atoms with Crippen LogP contribution in [0.3, 0.4) is 0 Å². The molecule has 0 radical (unpaired) electrons. The maximum absolute atomic E-state index is 6.10. The first kappa shape index (κ1) is 12.5. The first-order valence-electron chi connectivity index (χ1n) is 4.35. The van der Waals surface area contributed by atoms with Crippen molar-refractivity contribution in [1.29, 1.82) is 0 Å². The second-order valence-electron chi connectivity index (χ2n) is 3.23. The first-order chi connectivity index (χ1) is 7.49. The summed E-state index contributed by atoms with van der Waals surface area (Å²) in [7, 11) is 0. The van der Waals surface area contributed by atoms with Gasteiger partial charge in [-0.25, -0.2) is 4.68 Å². The standard InChI is InChI=1S/C10H6Cl3IN2/c1-5-9(14)4-16(15-5)10-7(12)2-6(11)3-8(10)13/h2-4H,1H3. The highest BCUT2D eigenvalue weighted by Crippen LogP contribution is 2.32. The summed E-state index contributed by atoms with van der Waals surface area (Å²) in [5, 5.41) is 5.81. The van der Waals surface area contributed by atoms with Gasteiger partial charge in [-0.1, -0.05) is 34.8 Å². The normalized spacial score (nSPS) is 10.8. The minimum absolute atomic E-state index is 0.483. The van der Waals surface area contributed by atoms with Gasteiger partial charge >= 0.3 is 0 Å². The molecule has 16 heavy (non-hydrogen) atoms. The van der Waals surface area contributed by atoms with Crippen LogP contribution in [0.15, 0.2) is 18.3 Å². The van der Waals surface area contributed by atoms with Gasteiger partial charge in [0.15, 0.2) is 0 Å². The van der Waals surface area contributed by atoms with Gasteiger partial charge in [-0.3, -0.25) is 0 Å². The van der Waals surface area contributed by atoms with Crippen LogP contribution in [-0.2, 0) is 0 Å². The molecule has 0 saturated carbocycles. The van der Waals surface area contributed by atoms with Gasteiger partial charge in [-0.2, -0.15) is 5.10 Å². The highest BCUT2D eigenvalue weighted by molar-refractivity contribution is 14.1. The van der Waals surface area contributed by atoms with Crippen LogP contribution in [0.2, 0.25) is 15.1 Å². The van der Waals surface area contributed by atoms with Crippen LogP contribution in [0.5, 0.6) is 0 Å². The fourth-order valence-electron chi connectivity index (χ4n) is 1.31. The van der Waals surface area contributed by atoms with Gasteiger partial charge in [-0.15, -0.1) is 0 Å². The molecule has 0 aliphatic rings. The number of aromatic nitrogens is 2. The number of halogens is 4. The lowest BCUT2D eigenvalue weighted by Crippen LogP contribution is -1.97. The van der Waals surface area contributed by atoms with E-state index in [0.29, 0.717) is 20.8 Å². The molecule has 0 saturated heterocycles. The van der Waals surface area contributed by atoms with Crippen LogP contribution in [0.25, 0.3) is 5.69 Å². The highest BCUT2D eigenvalue weighted by atomic mass is 127. The zero-order valence-electron chi connectivity index (χ0n) is 8.14. The minimum atomic E-state index is 0.483. The molecule has 0 aliphatic heterocycles. The van der Waals surface area contributed by atoms with Crippen molar-refractivity contribution in [3.8, 4) is 5.69 Å². The molecule has 2 nitrogen and oxygen atoms in total. The van der Waals surface area contributed by atoms with E-state index in [2.05, 4.69) is 27.7 Å². The average molecular weight is 387 g/mol. The molecule has 1 heterocycles. The molecule has 0 atom stereocenters. The Kier molecular flexibility index (Phi) is 3.69. The Labute approximate surface area is 122 Å². The van der Waals surface area contributed by atoms with Crippen LogP contribution in [0.4, 0.5) is 0 Å². The van der Waals surface area contributed by atoms with E-state index in [1.165, 1.54) is 0 Å². The van der Waals surface area contributed by atoms with Crippen molar-refractivity contribution < 1.29 is 0 Å². The summed E-state index contributed by atoms with van der Waals surface area (Å²) in [5.41, 5.74) is 1.58. The smallest absolute Gasteiger partial charge is 0.102 e. The molecule has 2 aromatic rings. The van der Waals surface area contributed by atoms with E-state index in [9.17, 15) is 0 Å². The summed E-state index contributed by atoms with van der Waals surface area (Å²) in [6, 6.07) is 3.29. The van der Waals surface area contributed by atoms with Crippen LogP contribution in [0, 0.1) is 10.5 Å². The second-order valence-corrected chi connectivity index (χ2v) is 5.64. The number of hydrogen-bond donors (Lipinski definition) is 0. The maximum atomic E-state index is 6.10. The molecular weight excluding hydrogens is 381 g/mol. The van der Waals surface area contributed by atoms with Crippen molar-refractivity contribution in [2.45, 2.75) is 6.92 Å². The van der Waals surface area contributed by atoms with E-state index in [0.717, 1.165) is 9.26 Å². The summed E-state index contributed by atoms with van der Waals surface area (Å²) in [6.45, 7) is 1.93. The van der Waals surface area contributed by atoms with Crippen molar-refractivity contribution >= 4 is 57.4 Å². The summed E-state index contributed by atoms with van der Waals surface area (Å²) in [6.07, 6.45) is 1.87. The van der Waals surface area contributed by atoms with Crippen LogP contribution < -0.4 is 0 Å². The second kappa shape index (κ2) is 4.72. The zero-order valence-corrected chi connectivity index (χ0v) is 12.6. The number of rotatable bonds is 1. The van der Waals surface area contributed by atoms with Gasteiger partial charge in [0, 0.05) is 11.2 Å². The Morgan fingerprint density at radius 3 is 2.19 bits per heavy atom. The Bertz CT molecular complexity index is 508. The lowest BCUT2D eigenvalue weighted by molar-refractivity contribution is 0.863. The molecule has 0 spiro atoms. The van der Waals surface area contributed by atoms with E-state index in [-0.39, 0.29) is 0 Å². The third-order valence-corrected chi connectivity index (χ3v) is 3.90. The van der Waals surface area contributed by atoms with E-state index in [4.69, 9.17) is 34.8 Å². The third-order valence-electron chi connectivity index (χ3n) is 2.05. The molecule has 6 heteroatoms. The van der Waals surface area contributed by atoms with Crippen LogP contribution in [-0.4, -0.2) is 9.78 Å². The number of benzene rings is 1. The lowest BCUT2D eigenvalue weighted by Gasteiger charge is -2.07. The largest absolute Gasteiger partial charge is 0.237 e. The Morgan fingerprint density at radius 2 is 1.75 bits per heavy atom. The SMILES string of the molecule is Cc1nn(-c2c(Cl)cc(Cl)cc2Cl)cc1I. The van der Waals surface area contributed by atoms with E-state index in [1.807, 2.05) is 13.1 Å². The average Bonchev–Trinajstić information content (AvgIpc) is 2.44. The highest BCUT2D eigenvalue weighted by Gasteiger charge is 2.12. The van der Waals surface area contributed by atoms with Crippen molar-refractivity contribution in [2.24, 2.45) is 0 Å². The van der Waals surface area contributed by atoms with Crippen molar-refractivity contribution in [2.75, 3.05) is 0 Å². The molecule has 84 valence electrons. The van der Waals surface area contributed by atoms with Crippen LogP contribution in [0.1, 0.15) is 5.69 Å². The lowest BCUT2D eigenvalue weighted by atomic mass is 10.3. The number of hydrogen-bond acceptors (Lipinski definition) is 1. The molecule has 1 aromatic carbocycles. The van der Waals surface area contributed by atoms with Crippen molar-refractivity contribution in [1.82, 2.24) is 9.78 Å². The molecule has 0 unspecified atom stereocenters. The van der Waals surface area contributed by atoms with Crippen LogP contribution >= 0.6 is 57.4 Å². The summed E-state index contributed by atoms with van der Waals surface area (Å²) >= 11 is 20.3. The predicted octanol–water partition coefficient (Wildman–Crippen LogP) is 4.75. The van der Waals surface area contributed by atoms with E-state index in [1.54, 1.807) is 16.8 Å². The third kappa shape index (κ3) is 2.32. The Morgan fingerprint density at radius 1 is 1.19 bits per heavy atom. The van der Waals surface area contributed by atoms with E-state index < -0.39 is 0 Å². The molecule has 0 aliphatic carbocycles. The Balaban J connectivity index is 2.64. The van der Waals surface area contributed by atoms with E-state index >= 15 is 0 Å². The van der Waals surface area contributed by atoms with Crippen molar-refractivity contribution in [3.05, 3.63) is 42.7 Å². The number of aryl methyl sites for hydroxylation is 1. The molecule has 0 N–H and O–H groups in total. The molecular formula is C10H6Cl3IN2. The minimum Gasteiger partial charge on any atom is -0.237 e. The van der Waals surface area contributed by atoms with Gasteiger partial charge in [0.25, 0.3) is 0 Å². The molecule has 1 aromatic heterocycles. The Hall–Kier alpha value is 0.0300. The molecule has 0 bridgehead atoms. The van der Waals surface area contributed by atoms with Gasteiger partial charge in [0.05, 0.1) is 19.3 Å². The van der Waals surface area contributed by atoms with Gasteiger partial charge < -0.3 is 0 Å². The maximum Gasteiger partial charge on any atom is 0.102 e. The zero-order chi connectivity index (χ0) is 11.9. The van der Waals surface area contributed by atoms with Gasteiger partial charge in [-0.05, 0) is 41.6 Å². The first-order valence-corrected chi connectivity index (χ1v) is 6.57. The molecule has 2 rings (SSSR count). The number of nitrogens with zero attached hydrogens (tertiary/aromatic N) is 2. The summed E-state index contributed by atoms with van der Waals surface area (Å²) in [4.78, 5) is 0.